The van der Waals surface area contributed by atoms with Gasteiger partial charge in [0.15, 0.2) is 0 Å². The van der Waals surface area contributed by atoms with E-state index in [9.17, 15) is 4.79 Å². The second-order valence-electron chi connectivity index (χ2n) is 6.97. The molecule has 94 valence electrons. The summed E-state index contributed by atoms with van der Waals surface area (Å²) in [5.41, 5.74) is 0.618. The van der Waals surface area contributed by atoms with Gasteiger partial charge in [-0.25, -0.2) is 0 Å². The minimum absolute atomic E-state index is 0.00527. The molecule has 3 aliphatic rings. The van der Waals surface area contributed by atoms with Gasteiger partial charge in [-0.15, -0.1) is 0 Å². The van der Waals surface area contributed by atoms with Gasteiger partial charge in [0, 0.05) is 5.92 Å². The molecule has 0 spiro atoms. The summed E-state index contributed by atoms with van der Waals surface area (Å²) in [5, 5.41) is 0. The molecule has 0 aromatic rings. The highest BCUT2D eigenvalue weighted by atomic mass is 16.5. The van der Waals surface area contributed by atoms with Crippen molar-refractivity contribution in [2.45, 2.75) is 40.0 Å². The zero-order chi connectivity index (χ0) is 12.3. The molecule has 2 nitrogen and oxygen atoms in total. The molecule has 4 atom stereocenters. The van der Waals surface area contributed by atoms with Crippen LogP contribution in [0.4, 0.5) is 0 Å². The van der Waals surface area contributed by atoms with E-state index in [0.29, 0.717) is 23.9 Å². The number of carbonyl (C=O) groups excluding carboxylic acids is 1. The molecule has 0 radical (unpaired) electrons. The number of fused-ring (bicyclic) bond motifs is 3. The van der Waals surface area contributed by atoms with E-state index < -0.39 is 0 Å². The predicted octanol–water partition coefficient (Wildman–Crippen LogP) is 3.18. The fourth-order valence-electron chi connectivity index (χ4n) is 4.61. The highest BCUT2D eigenvalue weighted by Crippen LogP contribution is 2.60. The lowest BCUT2D eigenvalue weighted by Crippen LogP contribution is -2.49. The highest BCUT2D eigenvalue weighted by molar-refractivity contribution is 5.77. The van der Waals surface area contributed by atoms with Crippen LogP contribution in [0.25, 0.3) is 0 Å². The number of hydrogen-bond acceptors (Lipinski definition) is 2. The molecule has 1 saturated carbocycles. The molecule has 3 rings (SSSR count). The lowest BCUT2D eigenvalue weighted by molar-refractivity contribution is -0.140. The average molecular weight is 234 g/mol. The maximum absolute atomic E-state index is 11.7. The van der Waals surface area contributed by atoms with Gasteiger partial charge in [-0.3, -0.25) is 4.79 Å². The smallest absolute Gasteiger partial charge is 0.313 e. The van der Waals surface area contributed by atoms with E-state index in [1.54, 1.807) is 0 Å². The fraction of sp³-hybridized carbons (Fsp3) is 0.800. The molecule has 1 aliphatic heterocycles. The summed E-state index contributed by atoms with van der Waals surface area (Å²) >= 11 is 0. The second kappa shape index (κ2) is 3.37. The van der Waals surface area contributed by atoms with Crippen LogP contribution in [0.1, 0.15) is 40.0 Å². The van der Waals surface area contributed by atoms with Crippen molar-refractivity contribution in [1.29, 1.82) is 0 Å². The molecule has 0 amide bonds. The van der Waals surface area contributed by atoms with Crippen molar-refractivity contribution < 1.29 is 9.53 Å². The summed E-state index contributed by atoms with van der Waals surface area (Å²) in [6, 6.07) is 0. The molecule has 0 aromatic carbocycles. The van der Waals surface area contributed by atoms with Crippen molar-refractivity contribution in [3.05, 3.63) is 12.2 Å². The lowest BCUT2D eigenvalue weighted by atomic mass is 9.49. The van der Waals surface area contributed by atoms with E-state index >= 15 is 0 Å². The third-order valence-electron chi connectivity index (χ3n) is 5.56. The molecule has 0 aromatic heterocycles. The highest BCUT2D eigenvalue weighted by Gasteiger charge is 2.56. The Labute approximate surface area is 103 Å². The normalized spacial score (nSPS) is 47.2. The van der Waals surface area contributed by atoms with Gasteiger partial charge in [0.1, 0.15) is 0 Å². The molecule has 0 bridgehead atoms. The van der Waals surface area contributed by atoms with E-state index in [0.717, 1.165) is 0 Å². The first-order valence-corrected chi connectivity index (χ1v) is 6.80. The van der Waals surface area contributed by atoms with E-state index in [1.165, 1.54) is 19.3 Å². The second-order valence-corrected chi connectivity index (χ2v) is 6.97. The number of ether oxygens (including phenoxy) is 1. The van der Waals surface area contributed by atoms with Crippen molar-refractivity contribution in [2.24, 2.45) is 28.6 Å². The zero-order valence-electron chi connectivity index (χ0n) is 11.0. The molecule has 0 N–H and O–H groups in total. The van der Waals surface area contributed by atoms with E-state index in [4.69, 9.17) is 4.74 Å². The molecule has 2 heteroatoms. The molecule has 17 heavy (non-hydrogen) atoms. The van der Waals surface area contributed by atoms with Crippen LogP contribution in [-0.4, -0.2) is 12.6 Å². The molecule has 2 fully saturated rings. The number of allylic oxidation sites excluding steroid dienone is 1. The van der Waals surface area contributed by atoms with E-state index in [-0.39, 0.29) is 17.3 Å². The molecule has 2 aliphatic carbocycles. The summed E-state index contributed by atoms with van der Waals surface area (Å²) in [7, 11) is 0. The number of hydrogen-bond donors (Lipinski definition) is 0. The fourth-order valence-corrected chi connectivity index (χ4v) is 4.61. The monoisotopic (exact) mass is 234 g/mol. The predicted molar refractivity (Wildman–Crippen MR) is 66.3 cm³/mol. The van der Waals surface area contributed by atoms with Crippen LogP contribution in [0.5, 0.6) is 0 Å². The average Bonchev–Trinajstić information content (AvgIpc) is 2.60. The quantitative estimate of drug-likeness (QED) is 0.475. The Morgan fingerprint density at radius 1 is 1.24 bits per heavy atom. The van der Waals surface area contributed by atoms with Crippen LogP contribution >= 0.6 is 0 Å². The Hall–Kier alpha value is -0.790. The van der Waals surface area contributed by atoms with Crippen molar-refractivity contribution in [3.8, 4) is 0 Å². The zero-order valence-corrected chi connectivity index (χ0v) is 11.0. The first-order valence-electron chi connectivity index (χ1n) is 6.80. The number of carbonyl (C=O) groups is 1. The Bertz CT molecular complexity index is 382. The number of cyclic esters (lactones) is 1. The molecular formula is C15H22O2. The standard InChI is InChI=1S/C15H22O2/c1-14(2)7-4-8-15(3)11-9-17-13(16)10(11)5-6-12(14)15/h5-6,10-12H,4,7-9H2,1-3H3/t10?,11?,12?,15-/m1/s1. The van der Waals surface area contributed by atoms with E-state index in [2.05, 4.69) is 32.9 Å². The Kier molecular flexibility index (Phi) is 2.24. The minimum atomic E-state index is -0.00527. The summed E-state index contributed by atoms with van der Waals surface area (Å²) in [4.78, 5) is 11.7. The van der Waals surface area contributed by atoms with Crippen LogP contribution in [0.3, 0.4) is 0 Å². The first kappa shape index (κ1) is 11.3. The third kappa shape index (κ3) is 1.42. The van der Waals surface area contributed by atoms with Gasteiger partial charge < -0.3 is 4.74 Å². The van der Waals surface area contributed by atoms with Gasteiger partial charge in [-0.05, 0) is 29.6 Å². The van der Waals surface area contributed by atoms with Gasteiger partial charge in [-0.1, -0.05) is 39.3 Å². The van der Waals surface area contributed by atoms with Crippen LogP contribution in [0.15, 0.2) is 12.2 Å². The maximum Gasteiger partial charge on any atom is 0.313 e. The summed E-state index contributed by atoms with van der Waals surface area (Å²) in [5.74, 6) is 1.03. The van der Waals surface area contributed by atoms with Gasteiger partial charge in [0.25, 0.3) is 0 Å². The number of esters is 1. The van der Waals surface area contributed by atoms with Crippen molar-refractivity contribution in [1.82, 2.24) is 0 Å². The van der Waals surface area contributed by atoms with Crippen LogP contribution < -0.4 is 0 Å². The molecular weight excluding hydrogens is 212 g/mol. The Morgan fingerprint density at radius 3 is 2.76 bits per heavy atom. The molecule has 3 unspecified atom stereocenters. The van der Waals surface area contributed by atoms with Crippen molar-refractivity contribution in [3.63, 3.8) is 0 Å². The van der Waals surface area contributed by atoms with Gasteiger partial charge >= 0.3 is 5.97 Å². The summed E-state index contributed by atoms with van der Waals surface area (Å²) in [6.07, 6.45) is 8.25. The van der Waals surface area contributed by atoms with Gasteiger partial charge in [-0.2, -0.15) is 0 Å². The topological polar surface area (TPSA) is 26.3 Å². The van der Waals surface area contributed by atoms with Gasteiger partial charge in [0.2, 0.25) is 0 Å². The molecule has 1 heterocycles. The maximum atomic E-state index is 11.7. The van der Waals surface area contributed by atoms with Crippen LogP contribution in [-0.2, 0) is 9.53 Å². The Balaban J connectivity index is 2.03. The third-order valence-corrected chi connectivity index (χ3v) is 5.56. The summed E-state index contributed by atoms with van der Waals surface area (Å²) < 4.78 is 5.29. The van der Waals surface area contributed by atoms with Crippen molar-refractivity contribution >= 4 is 5.97 Å². The molecule has 1 saturated heterocycles. The lowest BCUT2D eigenvalue weighted by Gasteiger charge is -2.54. The number of rotatable bonds is 0. The van der Waals surface area contributed by atoms with Gasteiger partial charge in [0.05, 0.1) is 12.5 Å². The van der Waals surface area contributed by atoms with Crippen LogP contribution in [0, 0.1) is 28.6 Å². The minimum Gasteiger partial charge on any atom is -0.465 e. The van der Waals surface area contributed by atoms with Crippen molar-refractivity contribution in [2.75, 3.05) is 6.61 Å². The SMILES string of the molecule is CC1(C)CCC[C@]2(C)C3COC(=O)C3C=CC12. The Morgan fingerprint density at radius 2 is 2.00 bits per heavy atom. The first-order chi connectivity index (χ1) is 7.95. The largest absolute Gasteiger partial charge is 0.465 e. The summed E-state index contributed by atoms with van der Waals surface area (Å²) in [6.45, 7) is 7.76. The van der Waals surface area contributed by atoms with Crippen LogP contribution in [0.2, 0.25) is 0 Å². The van der Waals surface area contributed by atoms with E-state index in [1.807, 2.05) is 0 Å².